The minimum absolute atomic E-state index is 0.0509. The van der Waals surface area contributed by atoms with Crippen molar-refractivity contribution < 1.29 is 17.6 Å². The molecule has 0 saturated carbocycles. The maximum atomic E-state index is 14.0. The van der Waals surface area contributed by atoms with Crippen LogP contribution in [-0.2, 0) is 27.9 Å². The second-order valence-corrected chi connectivity index (χ2v) is 9.35. The Balaban J connectivity index is 1.84. The van der Waals surface area contributed by atoms with E-state index in [2.05, 4.69) is 0 Å². The van der Waals surface area contributed by atoms with E-state index in [0.717, 1.165) is 15.4 Å². The summed E-state index contributed by atoms with van der Waals surface area (Å²) in [5.41, 5.74) is 2.08. The molecular weight excluding hydrogens is 415 g/mol. The lowest BCUT2D eigenvalue weighted by Gasteiger charge is -2.25. The molecule has 7 heteroatoms. The minimum atomic E-state index is -3.91. The molecule has 3 rings (SSSR count). The number of likely N-dealkylation sites (N-methyl/N-ethyl adjacent to an activating group) is 1. The highest BCUT2D eigenvalue weighted by molar-refractivity contribution is 7.89. The van der Waals surface area contributed by atoms with Crippen LogP contribution >= 0.6 is 0 Å². The molecule has 31 heavy (non-hydrogen) atoms. The third kappa shape index (κ3) is 5.77. The molecule has 0 heterocycles. The maximum absolute atomic E-state index is 14.0. The monoisotopic (exact) mass is 440 g/mol. The van der Waals surface area contributed by atoms with Gasteiger partial charge in [0.1, 0.15) is 5.82 Å². The minimum Gasteiger partial charge on any atom is -0.340 e. The van der Waals surface area contributed by atoms with E-state index in [9.17, 15) is 17.6 Å². The predicted molar refractivity (Wildman–Crippen MR) is 118 cm³/mol. The van der Waals surface area contributed by atoms with E-state index in [1.165, 1.54) is 30.1 Å². The van der Waals surface area contributed by atoms with Gasteiger partial charge in [0.2, 0.25) is 15.9 Å². The number of halogens is 1. The Morgan fingerprint density at radius 2 is 1.48 bits per heavy atom. The van der Waals surface area contributed by atoms with Gasteiger partial charge in [0, 0.05) is 25.7 Å². The first-order valence-electron chi connectivity index (χ1n) is 9.85. The summed E-state index contributed by atoms with van der Waals surface area (Å²) in [6, 6.07) is 21.8. The van der Waals surface area contributed by atoms with Crippen molar-refractivity contribution in [1.82, 2.24) is 9.21 Å². The molecule has 0 bridgehead atoms. The molecule has 0 aliphatic carbocycles. The molecule has 3 aromatic carbocycles. The lowest BCUT2D eigenvalue weighted by molar-refractivity contribution is -0.130. The highest BCUT2D eigenvalue weighted by Gasteiger charge is 2.28. The Kier molecular flexibility index (Phi) is 7.20. The van der Waals surface area contributed by atoms with Crippen LogP contribution in [0.4, 0.5) is 4.39 Å². The topological polar surface area (TPSA) is 57.7 Å². The average molecular weight is 441 g/mol. The van der Waals surface area contributed by atoms with Crippen LogP contribution in [0.25, 0.3) is 0 Å². The van der Waals surface area contributed by atoms with Gasteiger partial charge in [-0.15, -0.1) is 0 Å². The van der Waals surface area contributed by atoms with Gasteiger partial charge in [-0.25, -0.2) is 12.8 Å². The average Bonchev–Trinajstić information content (AvgIpc) is 2.76. The van der Waals surface area contributed by atoms with Crippen molar-refractivity contribution >= 4 is 15.9 Å². The number of benzene rings is 3. The van der Waals surface area contributed by atoms with E-state index in [4.69, 9.17) is 0 Å². The summed E-state index contributed by atoms with van der Waals surface area (Å²) >= 11 is 0. The largest absolute Gasteiger partial charge is 0.340 e. The lowest BCUT2D eigenvalue weighted by Crippen LogP contribution is -2.41. The number of nitrogens with zero attached hydrogens (tertiary/aromatic N) is 2. The molecule has 0 atom stereocenters. The Hall–Kier alpha value is -3.03. The molecule has 0 fully saturated rings. The molecule has 0 N–H and O–H groups in total. The molecule has 0 aromatic heterocycles. The Morgan fingerprint density at radius 1 is 0.871 bits per heavy atom. The summed E-state index contributed by atoms with van der Waals surface area (Å²) in [7, 11) is -2.38. The second kappa shape index (κ2) is 9.85. The quantitative estimate of drug-likeness (QED) is 0.532. The fraction of sp³-hybridized carbons (Fsp3) is 0.208. The molecule has 1 amide bonds. The fourth-order valence-electron chi connectivity index (χ4n) is 3.11. The van der Waals surface area contributed by atoms with E-state index in [1.54, 1.807) is 30.3 Å². The number of hydrogen-bond acceptors (Lipinski definition) is 3. The smallest absolute Gasteiger partial charge is 0.243 e. The normalized spacial score (nSPS) is 11.5. The Morgan fingerprint density at radius 3 is 2.13 bits per heavy atom. The molecule has 0 spiro atoms. The number of carbonyl (C=O) groups excluding carboxylic acids is 1. The third-order valence-electron chi connectivity index (χ3n) is 4.96. The van der Waals surface area contributed by atoms with Crippen LogP contribution in [0.15, 0.2) is 83.8 Å². The van der Waals surface area contributed by atoms with Crippen LogP contribution in [0.2, 0.25) is 0 Å². The van der Waals surface area contributed by atoms with Gasteiger partial charge in [-0.05, 0) is 30.7 Å². The summed E-state index contributed by atoms with van der Waals surface area (Å²) in [5, 5.41) is 0. The van der Waals surface area contributed by atoms with E-state index in [1.807, 2.05) is 37.3 Å². The summed E-state index contributed by atoms with van der Waals surface area (Å²) in [4.78, 5) is 14.3. The first kappa shape index (κ1) is 22.7. The zero-order valence-corrected chi connectivity index (χ0v) is 18.3. The van der Waals surface area contributed by atoms with E-state index in [-0.39, 0.29) is 24.5 Å². The summed E-state index contributed by atoms with van der Waals surface area (Å²) < 4.78 is 41.7. The van der Waals surface area contributed by atoms with E-state index >= 15 is 0 Å². The molecule has 0 aliphatic heterocycles. The first-order chi connectivity index (χ1) is 14.8. The van der Waals surface area contributed by atoms with Crippen molar-refractivity contribution in [3.63, 3.8) is 0 Å². The van der Waals surface area contributed by atoms with Gasteiger partial charge >= 0.3 is 0 Å². The highest BCUT2D eigenvalue weighted by atomic mass is 32.2. The summed E-state index contributed by atoms with van der Waals surface area (Å²) in [6.07, 6.45) is 0. The Bertz CT molecular complexity index is 1130. The van der Waals surface area contributed by atoms with Crippen molar-refractivity contribution in [2.45, 2.75) is 24.9 Å². The van der Waals surface area contributed by atoms with Gasteiger partial charge in [0.15, 0.2) is 0 Å². The number of rotatable bonds is 8. The molecule has 0 saturated heterocycles. The van der Waals surface area contributed by atoms with Crippen LogP contribution < -0.4 is 0 Å². The SMILES string of the molecule is Cc1ccc(S(=O)(=O)N(CC(=O)N(C)Cc2ccccc2F)Cc2ccccc2)cc1. The highest BCUT2D eigenvalue weighted by Crippen LogP contribution is 2.20. The van der Waals surface area contributed by atoms with E-state index < -0.39 is 21.7 Å². The third-order valence-corrected chi connectivity index (χ3v) is 6.77. The molecule has 162 valence electrons. The van der Waals surface area contributed by atoms with Gasteiger partial charge in [0.05, 0.1) is 11.4 Å². The van der Waals surface area contributed by atoms with Crippen LogP contribution in [0.5, 0.6) is 0 Å². The zero-order valence-electron chi connectivity index (χ0n) is 17.5. The van der Waals surface area contributed by atoms with E-state index in [0.29, 0.717) is 5.56 Å². The maximum Gasteiger partial charge on any atom is 0.243 e. The number of hydrogen-bond donors (Lipinski definition) is 0. The van der Waals surface area contributed by atoms with Gasteiger partial charge in [0.25, 0.3) is 0 Å². The van der Waals surface area contributed by atoms with Crippen molar-refractivity contribution in [2.24, 2.45) is 0 Å². The molecule has 5 nitrogen and oxygen atoms in total. The van der Waals surface area contributed by atoms with Gasteiger partial charge < -0.3 is 4.90 Å². The van der Waals surface area contributed by atoms with Crippen LogP contribution in [0, 0.1) is 12.7 Å². The standard InChI is InChI=1S/C24H25FN2O3S/c1-19-12-14-22(15-13-19)31(29,30)27(16-20-8-4-3-5-9-20)18-24(28)26(2)17-21-10-6-7-11-23(21)25/h3-15H,16-18H2,1-2H3. The molecule has 0 radical (unpaired) electrons. The Labute approximate surface area is 182 Å². The molecular formula is C24H25FN2O3S. The van der Waals surface area contributed by atoms with Crippen molar-refractivity contribution in [1.29, 1.82) is 0 Å². The molecule has 0 unspecified atom stereocenters. The zero-order chi connectivity index (χ0) is 22.4. The first-order valence-corrected chi connectivity index (χ1v) is 11.3. The molecule has 0 aliphatic rings. The summed E-state index contributed by atoms with van der Waals surface area (Å²) in [6.45, 7) is 1.63. The van der Waals surface area contributed by atoms with Crippen molar-refractivity contribution in [2.75, 3.05) is 13.6 Å². The van der Waals surface area contributed by atoms with Crippen LogP contribution in [0.3, 0.4) is 0 Å². The van der Waals surface area contributed by atoms with Crippen LogP contribution in [-0.4, -0.2) is 37.1 Å². The number of sulfonamides is 1. The van der Waals surface area contributed by atoms with Gasteiger partial charge in [-0.2, -0.15) is 4.31 Å². The second-order valence-electron chi connectivity index (χ2n) is 7.41. The number of amides is 1. The summed E-state index contributed by atoms with van der Waals surface area (Å²) in [5.74, 6) is -0.828. The van der Waals surface area contributed by atoms with Gasteiger partial charge in [-0.3, -0.25) is 4.79 Å². The fourth-order valence-corrected chi connectivity index (χ4v) is 4.49. The predicted octanol–water partition coefficient (Wildman–Crippen LogP) is 3.98. The molecule has 3 aromatic rings. The van der Waals surface area contributed by atoms with Crippen molar-refractivity contribution in [3.05, 3.63) is 101 Å². The van der Waals surface area contributed by atoms with Gasteiger partial charge in [-0.1, -0.05) is 66.2 Å². The van der Waals surface area contributed by atoms with Crippen LogP contribution in [0.1, 0.15) is 16.7 Å². The van der Waals surface area contributed by atoms with Crippen molar-refractivity contribution in [3.8, 4) is 0 Å². The lowest BCUT2D eigenvalue weighted by atomic mass is 10.2. The number of carbonyl (C=O) groups is 1. The number of aryl methyl sites for hydroxylation is 1.